The maximum absolute atomic E-state index is 10.5. The van der Waals surface area contributed by atoms with Crippen LogP contribution in [0.1, 0.15) is 18.1 Å². The quantitative estimate of drug-likeness (QED) is 0.701. The Hall–Kier alpha value is -2.10. The maximum Gasteiger partial charge on any atom is 0.111 e. The van der Waals surface area contributed by atoms with Gasteiger partial charge in [0.25, 0.3) is 0 Å². The average molecular weight is 202 g/mol. The van der Waals surface area contributed by atoms with Gasteiger partial charge in [-0.1, -0.05) is 36.9 Å². The highest BCUT2D eigenvalue weighted by Crippen LogP contribution is 2.25. The predicted octanol–water partition coefficient (Wildman–Crippen LogP) is 3.55. The van der Waals surface area contributed by atoms with Gasteiger partial charge in [-0.15, -0.1) is 9.81 Å². The Balaban J connectivity index is 3.35. The molecule has 0 aromatic heterocycles. The summed E-state index contributed by atoms with van der Waals surface area (Å²) in [6, 6.07) is 6.87. The topological polar surface area (TPSA) is 58.9 Å². The van der Waals surface area contributed by atoms with Crippen molar-refractivity contribution in [2.75, 3.05) is 0 Å². The van der Waals surface area contributed by atoms with E-state index in [4.69, 9.17) is 0 Å². The molecule has 15 heavy (non-hydrogen) atoms. The fourth-order valence-electron chi connectivity index (χ4n) is 1.26. The minimum Gasteiger partial charge on any atom is -0.145 e. The minimum atomic E-state index is 0.0913. The molecular formula is C11H10N2O2. The van der Waals surface area contributed by atoms with Gasteiger partial charge in [-0.25, -0.2) is 0 Å². The van der Waals surface area contributed by atoms with Gasteiger partial charge in [0.2, 0.25) is 0 Å². The number of allylic oxidation sites excluding steroid dienone is 1. The second kappa shape index (κ2) is 4.95. The predicted molar refractivity (Wildman–Crippen MR) is 60.7 cm³/mol. The summed E-state index contributed by atoms with van der Waals surface area (Å²) in [4.78, 5) is 20.9. The van der Waals surface area contributed by atoms with Crippen LogP contribution in [-0.2, 0) is 0 Å². The first-order valence-corrected chi connectivity index (χ1v) is 4.36. The first-order chi connectivity index (χ1) is 7.24. The number of nitroso groups, excluding NO2 is 2. The van der Waals surface area contributed by atoms with E-state index in [1.165, 1.54) is 0 Å². The molecule has 0 atom stereocenters. The van der Waals surface area contributed by atoms with Crippen molar-refractivity contribution in [3.63, 3.8) is 0 Å². The lowest BCUT2D eigenvalue weighted by molar-refractivity contribution is 1.41. The first kappa shape index (κ1) is 11.0. The summed E-state index contributed by atoms with van der Waals surface area (Å²) in [7, 11) is 0. The molecule has 76 valence electrons. The summed E-state index contributed by atoms with van der Waals surface area (Å²) in [6.45, 7) is 5.20. The van der Waals surface area contributed by atoms with Crippen LogP contribution >= 0.6 is 0 Å². The molecular weight excluding hydrogens is 192 g/mol. The summed E-state index contributed by atoms with van der Waals surface area (Å²) in [5, 5.41) is 5.64. The number of hydrogen-bond acceptors (Lipinski definition) is 4. The summed E-state index contributed by atoms with van der Waals surface area (Å²) < 4.78 is 0. The number of rotatable bonds is 4. The fraction of sp³-hybridized carbons (Fsp3) is 0.0909. The van der Waals surface area contributed by atoms with Gasteiger partial charge < -0.3 is 0 Å². The monoisotopic (exact) mass is 202 g/mol. The average Bonchev–Trinajstić information content (AvgIpc) is 2.30. The molecule has 4 heteroatoms. The molecule has 0 N–H and O–H groups in total. The standard InChI is InChI=1S/C11H10N2O2/c1-3-11(13-15)10-7-5-4-6-9(10)8(2)12-14/h3-7H,2H2,1H3/b11-3+. The second-order valence-electron chi connectivity index (χ2n) is 2.85. The molecule has 1 aromatic carbocycles. The zero-order valence-electron chi connectivity index (χ0n) is 8.30. The van der Waals surface area contributed by atoms with Crippen LogP contribution in [0.5, 0.6) is 0 Å². The molecule has 0 saturated carbocycles. The second-order valence-corrected chi connectivity index (χ2v) is 2.85. The Morgan fingerprint density at radius 2 is 1.80 bits per heavy atom. The molecule has 0 aliphatic rings. The van der Waals surface area contributed by atoms with Crippen LogP contribution in [0.2, 0.25) is 0 Å². The van der Waals surface area contributed by atoms with Crippen molar-refractivity contribution < 1.29 is 0 Å². The number of nitrogens with zero attached hydrogens (tertiary/aromatic N) is 2. The molecule has 0 bridgehead atoms. The van der Waals surface area contributed by atoms with E-state index in [0.717, 1.165) is 0 Å². The van der Waals surface area contributed by atoms with Crippen molar-refractivity contribution in [2.24, 2.45) is 10.4 Å². The molecule has 0 fully saturated rings. The highest BCUT2D eigenvalue weighted by Gasteiger charge is 2.09. The summed E-state index contributed by atoms with van der Waals surface area (Å²) in [5.41, 5.74) is 1.46. The van der Waals surface area contributed by atoms with Gasteiger partial charge in [-0.2, -0.15) is 0 Å². The van der Waals surface area contributed by atoms with E-state index in [1.807, 2.05) is 0 Å². The third kappa shape index (κ3) is 2.22. The normalized spacial score (nSPS) is 10.9. The van der Waals surface area contributed by atoms with Crippen molar-refractivity contribution in [1.82, 2.24) is 0 Å². The molecule has 1 rings (SSSR count). The third-order valence-electron chi connectivity index (χ3n) is 2.00. The van der Waals surface area contributed by atoms with Crippen LogP contribution in [0.15, 0.2) is 47.3 Å². The van der Waals surface area contributed by atoms with E-state index in [1.54, 1.807) is 37.3 Å². The molecule has 1 aromatic rings. The van der Waals surface area contributed by atoms with Crippen LogP contribution in [0, 0.1) is 9.81 Å². The lowest BCUT2D eigenvalue weighted by atomic mass is 10.0. The molecule has 0 radical (unpaired) electrons. The van der Waals surface area contributed by atoms with Crippen LogP contribution in [0.4, 0.5) is 0 Å². The van der Waals surface area contributed by atoms with Gasteiger partial charge >= 0.3 is 0 Å². The Morgan fingerprint density at radius 3 is 2.27 bits per heavy atom. The van der Waals surface area contributed by atoms with E-state index in [9.17, 15) is 9.81 Å². The van der Waals surface area contributed by atoms with Crippen molar-refractivity contribution in [1.29, 1.82) is 0 Å². The van der Waals surface area contributed by atoms with Crippen molar-refractivity contribution in [3.8, 4) is 0 Å². The maximum atomic E-state index is 10.5. The van der Waals surface area contributed by atoms with Crippen LogP contribution < -0.4 is 0 Å². The van der Waals surface area contributed by atoms with E-state index in [2.05, 4.69) is 16.9 Å². The molecule has 0 spiro atoms. The van der Waals surface area contributed by atoms with Gasteiger partial charge in [0, 0.05) is 11.1 Å². The zero-order valence-corrected chi connectivity index (χ0v) is 8.30. The number of benzene rings is 1. The Morgan fingerprint density at radius 1 is 1.20 bits per heavy atom. The van der Waals surface area contributed by atoms with Gasteiger partial charge in [0.15, 0.2) is 0 Å². The largest absolute Gasteiger partial charge is 0.145 e. The molecule has 0 unspecified atom stereocenters. The Bertz CT molecular complexity index is 436. The summed E-state index contributed by atoms with van der Waals surface area (Å²) in [5.74, 6) is 0. The zero-order chi connectivity index (χ0) is 11.3. The van der Waals surface area contributed by atoms with E-state index >= 15 is 0 Å². The third-order valence-corrected chi connectivity index (χ3v) is 2.00. The molecule has 0 amide bonds. The number of hydrogen-bond donors (Lipinski definition) is 0. The van der Waals surface area contributed by atoms with Crippen molar-refractivity contribution in [2.45, 2.75) is 6.92 Å². The van der Waals surface area contributed by atoms with Crippen molar-refractivity contribution >= 4 is 11.4 Å². The molecule has 0 aliphatic heterocycles. The molecule has 4 nitrogen and oxygen atoms in total. The van der Waals surface area contributed by atoms with E-state index in [0.29, 0.717) is 11.1 Å². The van der Waals surface area contributed by atoms with Crippen LogP contribution in [0.3, 0.4) is 0 Å². The lowest BCUT2D eigenvalue weighted by Crippen LogP contribution is -1.89. The molecule has 0 aliphatic carbocycles. The van der Waals surface area contributed by atoms with E-state index in [-0.39, 0.29) is 11.4 Å². The van der Waals surface area contributed by atoms with Gasteiger partial charge in [0.1, 0.15) is 11.4 Å². The summed E-state index contributed by atoms with van der Waals surface area (Å²) in [6.07, 6.45) is 1.57. The van der Waals surface area contributed by atoms with Crippen LogP contribution in [-0.4, -0.2) is 0 Å². The van der Waals surface area contributed by atoms with Gasteiger partial charge in [0.05, 0.1) is 0 Å². The Labute approximate surface area is 87.3 Å². The summed E-state index contributed by atoms with van der Waals surface area (Å²) >= 11 is 0. The SMILES string of the molecule is C=C(N=O)c1ccccc1/C(=C\C)N=O. The van der Waals surface area contributed by atoms with E-state index < -0.39 is 0 Å². The molecule has 0 heterocycles. The first-order valence-electron chi connectivity index (χ1n) is 4.36. The van der Waals surface area contributed by atoms with Gasteiger partial charge in [-0.3, -0.25) is 0 Å². The van der Waals surface area contributed by atoms with Gasteiger partial charge in [-0.05, 0) is 17.3 Å². The highest BCUT2D eigenvalue weighted by molar-refractivity contribution is 5.77. The highest BCUT2D eigenvalue weighted by atomic mass is 16.3. The smallest absolute Gasteiger partial charge is 0.111 e. The van der Waals surface area contributed by atoms with Crippen LogP contribution in [0.25, 0.3) is 11.4 Å². The Kier molecular flexibility index (Phi) is 3.62. The van der Waals surface area contributed by atoms with Crippen molar-refractivity contribution in [3.05, 3.63) is 57.9 Å². The molecule has 0 saturated heterocycles. The minimum absolute atomic E-state index is 0.0913. The lowest BCUT2D eigenvalue weighted by Gasteiger charge is -2.05. The fourth-order valence-corrected chi connectivity index (χ4v) is 1.26.